The number of nitrogens with one attached hydrogen (secondary N) is 2. The summed E-state index contributed by atoms with van der Waals surface area (Å²) in [6, 6.07) is 6.03. The first-order valence-corrected chi connectivity index (χ1v) is 7.69. The predicted octanol–water partition coefficient (Wildman–Crippen LogP) is 2.77. The lowest BCUT2D eigenvalue weighted by Gasteiger charge is -2.13. The summed E-state index contributed by atoms with van der Waals surface area (Å²) in [5.41, 5.74) is 2.31. The van der Waals surface area contributed by atoms with Crippen molar-refractivity contribution in [1.29, 1.82) is 0 Å². The Morgan fingerprint density at radius 2 is 2.00 bits per heavy atom. The Morgan fingerprint density at radius 1 is 1.30 bits per heavy atom. The molecule has 3 amide bonds. The van der Waals surface area contributed by atoms with E-state index in [0.717, 1.165) is 28.9 Å². The summed E-state index contributed by atoms with van der Waals surface area (Å²) >= 11 is 1.48. The molecule has 0 aliphatic heterocycles. The van der Waals surface area contributed by atoms with E-state index in [1.165, 1.54) is 11.8 Å². The van der Waals surface area contributed by atoms with E-state index >= 15 is 0 Å². The SMILES string of the molecule is Cc1ccc(C)c(SC(C)C(=O)NC(=O)NC2CC2)c1. The fourth-order valence-electron chi connectivity index (χ4n) is 1.74. The third-order valence-electron chi connectivity index (χ3n) is 3.17. The van der Waals surface area contributed by atoms with Crippen molar-refractivity contribution in [2.45, 2.75) is 49.8 Å². The van der Waals surface area contributed by atoms with Crippen LogP contribution in [0.2, 0.25) is 0 Å². The normalized spacial score (nSPS) is 15.6. The van der Waals surface area contributed by atoms with Crippen LogP contribution in [0.3, 0.4) is 0 Å². The van der Waals surface area contributed by atoms with Crippen LogP contribution in [0.5, 0.6) is 0 Å². The summed E-state index contributed by atoms with van der Waals surface area (Å²) < 4.78 is 0. The average molecular weight is 292 g/mol. The molecule has 0 radical (unpaired) electrons. The van der Waals surface area contributed by atoms with Gasteiger partial charge in [-0.25, -0.2) is 4.79 Å². The van der Waals surface area contributed by atoms with Crippen molar-refractivity contribution in [2.75, 3.05) is 0 Å². The molecule has 0 aromatic heterocycles. The molecule has 20 heavy (non-hydrogen) atoms. The molecule has 4 nitrogen and oxygen atoms in total. The zero-order valence-corrected chi connectivity index (χ0v) is 12.8. The van der Waals surface area contributed by atoms with E-state index in [2.05, 4.69) is 16.7 Å². The molecule has 1 fully saturated rings. The number of amides is 3. The molecular formula is C15H20N2O2S. The molecule has 1 aliphatic rings. The number of carbonyl (C=O) groups is 2. The summed E-state index contributed by atoms with van der Waals surface area (Å²) in [4.78, 5) is 24.6. The minimum atomic E-state index is -0.383. The Morgan fingerprint density at radius 3 is 2.65 bits per heavy atom. The van der Waals surface area contributed by atoms with E-state index < -0.39 is 0 Å². The van der Waals surface area contributed by atoms with Gasteiger partial charge in [-0.05, 0) is 45.2 Å². The largest absolute Gasteiger partial charge is 0.335 e. The molecule has 1 atom stereocenters. The van der Waals surface area contributed by atoms with Crippen molar-refractivity contribution < 1.29 is 9.59 Å². The van der Waals surface area contributed by atoms with Gasteiger partial charge in [-0.1, -0.05) is 17.7 Å². The van der Waals surface area contributed by atoms with Crippen molar-refractivity contribution in [1.82, 2.24) is 10.6 Å². The summed E-state index contributed by atoms with van der Waals surface area (Å²) in [5.74, 6) is -0.256. The van der Waals surface area contributed by atoms with Crippen LogP contribution in [0.4, 0.5) is 4.79 Å². The van der Waals surface area contributed by atoms with Crippen LogP contribution in [0, 0.1) is 13.8 Å². The lowest BCUT2D eigenvalue weighted by molar-refractivity contribution is -0.119. The first kappa shape index (κ1) is 14.9. The van der Waals surface area contributed by atoms with E-state index in [0.29, 0.717) is 0 Å². The molecule has 5 heteroatoms. The Balaban J connectivity index is 1.89. The number of hydrogen-bond donors (Lipinski definition) is 2. The Labute approximate surface area is 123 Å². The average Bonchev–Trinajstić information content (AvgIpc) is 3.17. The minimum Gasteiger partial charge on any atom is -0.335 e. The summed E-state index contributed by atoms with van der Waals surface area (Å²) in [6.07, 6.45) is 2.02. The highest BCUT2D eigenvalue weighted by atomic mass is 32.2. The second kappa shape index (κ2) is 6.31. The van der Waals surface area contributed by atoms with Crippen molar-refractivity contribution >= 4 is 23.7 Å². The Bertz CT molecular complexity index is 527. The van der Waals surface area contributed by atoms with Gasteiger partial charge in [0.25, 0.3) is 0 Å². The fourth-order valence-corrected chi connectivity index (χ4v) is 2.80. The van der Waals surface area contributed by atoms with Crippen LogP contribution in [0.25, 0.3) is 0 Å². The van der Waals surface area contributed by atoms with E-state index in [9.17, 15) is 9.59 Å². The maximum atomic E-state index is 12.0. The first-order valence-electron chi connectivity index (χ1n) is 6.81. The smallest absolute Gasteiger partial charge is 0.321 e. The fraction of sp³-hybridized carbons (Fsp3) is 0.467. The topological polar surface area (TPSA) is 58.2 Å². The van der Waals surface area contributed by atoms with E-state index in [1.807, 2.05) is 32.9 Å². The van der Waals surface area contributed by atoms with E-state index in [-0.39, 0.29) is 23.2 Å². The van der Waals surface area contributed by atoms with Crippen molar-refractivity contribution in [3.8, 4) is 0 Å². The summed E-state index contributed by atoms with van der Waals surface area (Å²) in [5, 5.41) is 4.83. The van der Waals surface area contributed by atoms with Crippen LogP contribution in [-0.2, 0) is 4.79 Å². The van der Waals surface area contributed by atoms with Crippen molar-refractivity contribution in [2.24, 2.45) is 0 Å². The summed E-state index contributed by atoms with van der Waals surface area (Å²) in [6.45, 7) is 5.86. The number of benzene rings is 1. The van der Waals surface area contributed by atoms with Gasteiger partial charge >= 0.3 is 6.03 Å². The third kappa shape index (κ3) is 4.27. The highest BCUT2D eigenvalue weighted by Crippen LogP contribution is 2.27. The molecular weight excluding hydrogens is 272 g/mol. The van der Waals surface area contributed by atoms with Gasteiger partial charge in [0, 0.05) is 10.9 Å². The maximum Gasteiger partial charge on any atom is 0.321 e. The standard InChI is InChI=1S/C15H20N2O2S/c1-9-4-5-10(2)13(8-9)20-11(3)14(18)17-15(19)16-12-6-7-12/h4-5,8,11-12H,6-7H2,1-3H3,(H2,16,17,18,19). The summed E-state index contributed by atoms with van der Waals surface area (Å²) in [7, 11) is 0. The van der Waals surface area contributed by atoms with Crippen LogP contribution >= 0.6 is 11.8 Å². The number of thioether (sulfide) groups is 1. The molecule has 0 saturated heterocycles. The monoisotopic (exact) mass is 292 g/mol. The van der Waals surface area contributed by atoms with Gasteiger partial charge < -0.3 is 5.32 Å². The zero-order valence-electron chi connectivity index (χ0n) is 12.0. The van der Waals surface area contributed by atoms with Crippen LogP contribution in [0.15, 0.2) is 23.1 Å². The third-order valence-corrected chi connectivity index (χ3v) is 4.43. The molecule has 2 rings (SSSR count). The molecule has 1 aliphatic carbocycles. The van der Waals surface area contributed by atoms with Crippen LogP contribution in [-0.4, -0.2) is 23.2 Å². The number of urea groups is 1. The second-order valence-corrected chi connectivity index (χ2v) is 6.65. The lowest BCUT2D eigenvalue weighted by Crippen LogP contribution is -2.43. The number of carbonyl (C=O) groups excluding carboxylic acids is 2. The highest BCUT2D eigenvalue weighted by molar-refractivity contribution is 8.00. The van der Waals surface area contributed by atoms with Gasteiger partial charge in [0.2, 0.25) is 5.91 Å². The maximum absolute atomic E-state index is 12.0. The molecule has 0 spiro atoms. The zero-order chi connectivity index (χ0) is 14.7. The Kier molecular flexibility index (Phi) is 4.70. The Hall–Kier alpha value is -1.49. The predicted molar refractivity (Wildman–Crippen MR) is 80.9 cm³/mol. The molecule has 108 valence electrons. The van der Waals surface area contributed by atoms with Gasteiger partial charge in [0.15, 0.2) is 0 Å². The first-order chi connectivity index (χ1) is 9.45. The van der Waals surface area contributed by atoms with Crippen LogP contribution < -0.4 is 10.6 Å². The number of rotatable bonds is 4. The molecule has 1 unspecified atom stereocenters. The highest BCUT2D eigenvalue weighted by Gasteiger charge is 2.25. The number of hydrogen-bond acceptors (Lipinski definition) is 3. The van der Waals surface area contributed by atoms with E-state index in [4.69, 9.17) is 0 Å². The molecule has 2 N–H and O–H groups in total. The van der Waals surface area contributed by atoms with Gasteiger partial charge in [0.05, 0.1) is 5.25 Å². The lowest BCUT2D eigenvalue weighted by atomic mass is 10.2. The number of aryl methyl sites for hydroxylation is 2. The van der Waals surface area contributed by atoms with Gasteiger partial charge in [-0.2, -0.15) is 0 Å². The van der Waals surface area contributed by atoms with Gasteiger partial charge in [-0.15, -0.1) is 11.8 Å². The molecule has 1 saturated carbocycles. The van der Waals surface area contributed by atoms with Crippen molar-refractivity contribution in [3.05, 3.63) is 29.3 Å². The molecule has 0 bridgehead atoms. The van der Waals surface area contributed by atoms with Crippen molar-refractivity contribution in [3.63, 3.8) is 0 Å². The minimum absolute atomic E-state index is 0.254. The molecule has 1 aromatic rings. The molecule has 0 heterocycles. The number of imide groups is 1. The second-order valence-electron chi connectivity index (χ2n) is 5.27. The van der Waals surface area contributed by atoms with Gasteiger partial charge in [-0.3, -0.25) is 10.1 Å². The van der Waals surface area contributed by atoms with Gasteiger partial charge in [0.1, 0.15) is 0 Å². The van der Waals surface area contributed by atoms with Crippen LogP contribution in [0.1, 0.15) is 30.9 Å². The quantitative estimate of drug-likeness (QED) is 0.839. The van der Waals surface area contributed by atoms with E-state index in [1.54, 1.807) is 0 Å². The molecule has 1 aromatic carbocycles.